The van der Waals surface area contributed by atoms with Crippen molar-refractivity contribution >= 4 is 11.7 Å². The van der Waals surface area contributed by atoms with E-state index >= 15 is 0 Å². The predicted octanol–water partition coefficient (Wildman–Crippen LogP) is 1.60. The third kappa shape index (κ3) is 1.60. The third-order valence-electron chi connectivity index (χ3n) is 3.82. The summed E-state index contributed by atoms with van der Waals surface area (Å²) in [4.78, 5) is 14.0. The summed E-state index contributed by atoms with van der Waals surface area (Å²) in [5.41, 5.74) is 7.84. The summed E-state index contributed by atoms with van der Waals surface area (Å²) in [7, 11) is 0. The molecule has 0 bridgehead atoms. The van der Waals surface area contributed by atoms with Crippen molar-refractivity contribution in [3.8, 4) is 0 Å². The molecule has 4 heteroatoms. The number of urea groups is 1. The van der Waals surface area contributed by atoms with E-state index in [9.17, 15) is 4.79 Å². The van der Waals surface area contributed by atoms with Crippen molar-refractivity contribution in [3.05, 3.63) is 29.8 Å². The molecule has 1 saturated carbocycles. The number of nitrogens with two attached hydrogens (primary N) is 1. The van der Waals surface area contributed by atoms with Crippen LogP contribution in [0.3, 0.4) is 0 Å². The quantitative estimate of drug-likeness (QED) is 0.812. The zero-order valence-corrected chi connectivity index (χ0v) is 9.78. The maximum Gasteiger partial charge on any atom is 0.322 e. The van der Waals surface area contributed by atoms with Gasteiger partial charge in [0.2, 0.25) is 0 Å². The minimum Gasteiger partial charge on any atom is -0.338 e. The van der Waals surface area contributed by atoms with Gasteiger partial charge in [-0.15, -0.1) is 0 Å². The summed E-state index contributed by atoms with van der Waals surface area (Å²) in [6.45, 7) is 1.26. The van der Waals surface area contributed by atoms with E-state index in [-0.39, 0.29) is 11.6 Å². The number of hydrogen-bond donors (Lipinski definition) is 2. The topological polar surface area (TPSA) is 58.4 Å². The average Bonchev–Trinajstić information content (AvgIpc) is 3.10. The Kier molecular flexibility index (Phi) is 2.33. The van der Waals surface area contributed by atoms with E-state index in [1.54, 1.807) is 0 Å². The summed E-state index contributed by atoms with van der Waals surface area (Å²) in [5, 5.41) is 2.92. The molecule has 0 radical (unpaired) electrons. The Labute approximate surface area is 101 Å². The van der Waals surface area contributed by atoms with Crippen molar-refractivity contribution in [2.75, 3.05) is 11.4 Å². The van der Waals surface area contributed by atoms with Gasteiger partial charge in [0.15, 0.2) is 0 Å². The van der Waals surface area contributed by atoms with Gasteiger partial charge >= 0.3 is 6.03 Å². The summed E-state index contributed by atoms with van der Waals surface area (Å²) in [6.07, 6.45) is 3.26. The SMILES string of the molecule is NCc1ccccc1N1C(=O)NCCC12CC2. The lowest BCUT2D eigenvalue weighted by molar-refractivity contribution is 0.236. The minimum absolute atomic E-state index is 0.0228. The average molecular weight is 231 g/mol. The third-order valence-corrected chi connectivity index (χ3v) is 3.82. The van der Waals surface area contributed by atoms with Crippen LogP contribution in [-0.4, -0.2) is 18.1 Å². The highest BCUT2D eigenvalue weighted by Crippen LogP contribution is 2.48. The van der Waals surface area contributed by atoms with Gasteiger partial charge in [-0.05, 0) is 30.9 Å². The number of anilines is 1. The molecule has 2 fully saturated rings. The number of nitrogens with one attached hydrogen (secondary N) is 1. The van der Waals surface area contributed by atoms with Crippen LogP contribution >= 0.6 is 0 Å². The molecule has 1 aromatic carbocycles. The van der Waals surface area contributed by atoms with Crippen molar-refractivity contribution in [1.29, 1.82) is 0 Å². The van der Waals surface area contributed by atoms with Crippen molar-refractivity contribution in [2.24, 2.45) is 5.73 Å². The standard InChI is InChI=1S/C13H17N3O/c14-9-10-3-1-2-4-11(10)16-12(17)15-8-7-13(16)5-6-13/h1-4H,5-9,14H2,(H,15,17). The summed E-state index contributed by atoms with van der Waals surface area (Å²) in [6, 6.07) is 7.94. The number of amides is 2. The van der Waals surface area contributed by atoms with Gasteiger partial charge in [0.05, 0.1) is 11.2 Å². The molecule has 1 aliphatic carbocycles. The second-order valence-electron chi connectivity index (χ2n) is 4.87. The van der Waals surface area contributed by atoms with Crippen LogP contribution < -0.4 is 16.0 Å². The lowest BCUT2D eigenvalue weighted by Crippen LogP contribution is -2.54. The van der Waals surface area contributed by atoms with Gasteiger partial charge in [0, 0.05) is 13.1 Å². The highest BCUT2D eigenvalue weighted by Gasteiger charge is 2.52. The van der Waals surface area contributed by atoms with E-state index in [4.69, 9.17) is 5.73 Å². The molecule has 2 aliphatic rings. The van der Waals surface area contributed by atoms with Crippen molar-refractivity contribution in [2.45, 2.75) is 31.3 Å². The van der Waals surface area contributed by atoms with Crippen molar-refractivity contribution in [1.82, 2.24) is 5.32 Å². The number of para-hydroxylation sites is 1. The fraction of sp³-hybridized carbons (Fsp3) is 0.462. The van der Waals surface area contributed by atoms with Crippen LogP contribution in [0, 0.1) is 0 Å². The number of hydrogen-bond acceptors (Lipinski definition) is 2. The first kappa shape index (κ1) is 10.6. The zero-order chi connectivity index (χ0) is 11.9. The number of carbonyl (C=O) groups is 1. The van der Waals surface area contributed by atoms with Crippen molar-refractivity contribution in [3.63, 3.8) is 0 Å². The lowest BCUT2D eigenvalue weighted by atomic mass is 10.0. The molecule has 0 aromatic heterocycles. The molecule has 90 valence electrons. The second kappa shape index (κ2) is 3.74. The van der Waals surface area contributed by atoms with Gasteiger partial charge in [-0.1, -0.05) is 18.2 Å². The molecule has 3 N–H and O–H groups in total. The van der Waals surface area contributed by atoms with Gasteiger partial charge < -0.3 is 11.1 Å². The first-order chi connectivity index (χ1) is 8.27. The number of benzene rings is 1. The predicted molar refractivity (Wildman–Crippen MR) is 66.8 cm³/mol. The smallest absolute Gasteiger partial charge is 0.322 e. The number of carbonyl (C=O) groups excluding carboxylic acids is 1. The molecule has 1 aromatic rings. The molecule has 1 spiro atoms. The minimum atomic E-state index is 0.0228. The van der Waals surface area contributed by atoms with Crippen LogP contribution in [0.2, 0.25) is 0 Å². The van der Waals surface area contributed by atoms with Gasteiger partial charge in [-0.2, -0.15) is 0 Å². The molecule has 4 nitrogen and oxygen atoms in total. The molecular weight excluding hydrogens is 214 g/mol. The highest BCUT2D eigenvalue weighted by atomic mass is 16.2. The Hall–Kier alpha value is -1.55. The molecule has 1 heterocycles. The Morgan fingerprint density at radius 1 is 1.29 bits per heavy atom. The van der Waals surface area contributed by atoms with E-state index in [2.05, 4.69) is 5.32 Å². The normalized spacial score (nSPS) is 21.5. The Morgan fingerprint density at radius 2 is 2.06 bits per heavy atom. The summed E-state index contributed by atoms with van der Waals surface area (Å²) < 4.78 is 0. The lowest BCUT2D eigenvalue weighted by Gasteiger charge is -2.37. The van der Waals surface area contributed by atoms with E-state index in [0.29, 0.717) is 6.54 Å². The fourth-order valence-electron chi connectivity index (χ4n) is 2.69. The molecule has 0 unspecified atom stereocenters. The van der Waals surface area contributed by atoms with Gasteiger partial charge in [0.25, 0.3) is 0 Å². The monoisotopic (exact) mass is 231 g/mol. The Bertz CT molecular complexity index is 454. The number of rotatable bonds is 2. The molecule has 0 atom stereocenters. The highest BCUT2D eigenvalue weighted by molar-refractivity contribution is 5.96. The fourth-order valence-corrected chi connectivity index (χ4v) is 2.69. The zero-order valence-electron chi connectivity index (χ0n) is 9.78. The van der Waals surface area contributed by atoms with Crippen LogP contribution in [0.25, 0.3) is 0 Å². The molecule has 17 heavy (non-hydrogen) atoms. The van der Waals surface area contributed by atoms with Gasteiger partial charge in [0.1, 0.15) is 0 Å². The summed E-state index contributed by atoms with van der Waals surface area (Å²) in [5.74, 6) is 0. The van der Waals surface area contributed by atoms with Crippen LogP contribution in [0.1, 0.15) is 24.8 Å². The maximum absolute atomic E-state index is 12.1. The van der Waals surface area contributed by atoms with Crippen LogP contribution in [0.15, 0.2) is 24.3 Å². The molecule has 3 rings (SSSR count). The summed E-state index contributed by atoms with van der Waals surface area (Å²) >= 11 is 0. The molecular formula is C13H17N3O. The molecule has 1 aliphatic heterocycles. The van der Waals surface area contributed by atoms with E-state index in [1.165, 1.54) is 0 Å². The van der Waals surface area contributed by atoms with Crippen LogP contribution in [0.4, 0.5) is 10.5 Å². The largest absolute Gasteiger partial charge is 0.338 e. The maximum atomic E-state index is 12.1. The van der Waals surface area contributed by atoms with Gasteiger partial charge in [-0.25, -0.2) is 4.79 Å². The van der Waals surface area contributed by atoms with Crippen LogP contribution in [-0.2, 0) is 6.54 Å². The van der Waals surface area contributed by atoms with Crippen molar-refractivity contribution < 1.29 is 4.79 Å². The Morgan fingerprint density at radius 3 is 2.76 bits per heavy atom. The number of nitrogens with zero attached hydrogens (tertiary/aromatic N) is 1. The van der Waals surface area contributed by atoms with E-state index < -0.39 is 0 Å². The first-order valence-electron chi connectivity index (χ1n) is 6.13. The Balaban J connectivity index is 2.03. The van der Waals surface area contributed by atoms with Gasteiger partial charge in [-0.3, -0.25) is 4.90 Å². The van der Waals surface area contributed by atoms with E-state index in [1.807, 2.05) is 29.2 Å². The van der Waals surface area contributed by atoms with Crippen LogP contribution in [0.5, 0.6) is 0 Å². The van der Waals surface area contributed by atoms with E-state index in [0.717, 1.165) is 37.1 Å². The molecule has 2 amide bonds. The molecule has 1 saturated heterocycles. The second-order valence-corrected chi connectivity index (χ2v) is 4.87. The first-order valence-corrected chi connectivity index (χ1v) is 6.13.